The second-order valence-electron chi connectivity index (χ2n) is 10.8. The van der Waals surface area contributed by atoms with Crippen LogP contribution >= 0.6 is 11.3 Å². The molecule has 0 bridgehead atoms. The first-order chi connectivity index (χ1) is 20.9. The van der Waals surface area contributed by atoms with Gasteiger partial charge in [-0.25, -0.2) is 4.98 Å². The molecule has 0 saturated carbocycles. The van der Waals surface area contributed by atoms with Crippen molar-refractivity contribution in [3.05, 3.63) is 82.9 Å². The van der Waals surface area contributed by atoms with E-state index in [2.05, 4.69) is 6.92 Å². The molecule has 0 unspecified atom stereocenters. The average molecular weight is 599 g/mol. The summed E-state index contributed by atoms with van der Waals surface area (Å²) in [5, 5.41) is 12.0. The van der Waals surface area contributed by atoms with E-state index < -0.39 is 17.7 Å². The van der Waals surface area contributed by atoms with Crippen LogP contribution in [0, 0.1) is 0 Å². The van der Waals surface area contributed by atoms with Crippen molar-refractivity contribution >= 4 is 44.1 Å². The molecule has 4 aromatic rings. The number of aliphatic hydroxyl groups excluding tert-OH is 1. The van der Waals surface area contributed by atoms with Gasteiger partial charge in [-0.1, -0.05) is 43.2 Å². The largest absolute Gasteiger partial charge is 0.507 e. The minimum Gasteiger partial charge on any atom is -0.507 e. The van der Waals surface area contributed by atoms with Crippen LogP contribution in [0.25, 0.3) is 16.0 Å². The van der Waals surface area contributed by atoms with Gasteiger partial charge in [-0.15, -0.1) is 0 Å². The summed E-state index contributed by atoms with van der Waals surface area (Å²) in [7, 11) is 0. The number of carbonyl (C=O) groups excluding carboxylic acids is 2. The highest BCUT2D eigenvalue weighted by molar-refractivity contribution is 7.22. The van der Waals surface area contributed by atoms with Gasteiger partial charge >= 0.3 is 5.91 Å². The highest BCUT2D eigenvalue weighted by Gasteiger charge is 2.48. The molecule has 3 aromatic carbocycles. The number of ether oxygens (including phenoxy) is 3. The average Bonchev–Trinajstić information content (AvgIpc) is 3.67. The molecule has 2 aliphatic rings. The van der Waals surface area contributed by atoms with Gasteiger partial charge in [-0.3, -0.25) is 14.5 Å². The Bertz CT molecular complexity index is 1730. The maximum Gasteiger partial charge on any atom is 0.301 e. The van der Waals surface area contributed by atoms with Gasteiger partial charge in [0.15, 0.2) is 5.13 Å². The number of nitrogens with zero attached hydrogens (tertiary/aromatic N) is 2. The molecule has 43 heavy (non-hydrogen) atoms. The van der Waals surface area contributed by atoms with Crippen molar-refractivity contribution in [1.29, 1.82) is 0 Å². The molecule has 2 atom stereocenters. The SMILES string of the molecule is CCCCCOc1cccc([C@@H]2/C(=C(\O)c3ccc4c(c3)C[C@@H](C)O4)C(=O)C(=O)N2c2nc3ccc(OCC)cc3s2)c1. The third-order valence-electron chi connectivity index (χ3n) is 7.67. The van der Waals surface area contributed by atoms with Gasteiger partial charge in [0.05, 0.1) is 35.0 Å². The Morgan fingerprint density at radius 1 is 1.05 bits per heavy atom. The maximum atomic E-state index is 13.8. The fourth-order valence-corrected chi connectivity index (χ4v) is 6.66. The van der Waals surface area contributed by atoms with Crippen molar-refractivity contribution < 1.29 is 28.9 Å². The van der Waals surface area contributed by atoms with E-state index in [4.69, 9.17) is 19.2 Å². The van der Waals surface area contributed by atoms with E-state index >= 15 is 0 Å². The molecule has 1 aromatic heterocycles. The molecule has 1 amide bonds. The zero-order valence-electron chi connectivity index (χ0n) is 24.5. The molecule has 2 aliphatic heterocycles. The van der Waals surface area contributed by atoms with E-state index in [-0.39, 0.29) is 17.4 Å². The monoisotopic (exact) mass is 598 g/mol. The second-order valence-corrected chi connectivity index (χ2v) is 11.8. The highest BCUT2D eigenvalue weighted by atomic mass is 32.1. The van der Waals surface area contributed by atoms with E-state index in [1.807, 2.05) is 62.4 Å². The molecule has 0 aliphatic carbocycles. The number of benzene rings is 3. The van der Waals surface area contributed by atoms with Crippen LogP contribution in [0.5, 0.6) is 17.2 Å². The first-order valence-corrected chi connectivity index (χ1v) is 15.6. The zero-order valence-corrected chi connectivity index (χ0v) is 25.3. The lowest BCUT2D eigenvalue weighted by Gasteiger charge is -2.23. The molecule has 6 rings (SSSR count). The van der Waals surface area contributed by atoms with E-state index in [9.17, 15) is 14.7 Å². The van der Waals surface area contributed by atoms with Gasteiger partial charge in [-0.2, -0.15) is 0 Å². The number of hydrogen-bond acceptors (Lipinski definition) is 8. The minimum absolute atomic E-state index is 0.00862. The molecule has 1 saturated heterocycles. The van der Waals surface area contributed by atoms with E-state index in [1.165, 1.54) is 16.2 Å². The first kappa shape index (κ1) is 28.7. The molecule has 8 nitrogen and oxygen atoms in total. The molecule has 222 valence electrons. The van der Waals surface area contributed by atoms with Gasteiger partial charge in [0, 0.05) is 12.0 Å². The standard InChI is InChI=1S/C34H34N2O6S/c1-4-6-7-15-41-24-10-8-9-21(18-24)30-29(31(37)22-11-14-27-23(17-22)16-20(3)42-27)32(38)33(39)36(30)34-35-26-13-12-25(40-5-2)19-28(26)43-34/h8-14,17-20,30,37H,4-7,15-16H2,1-3H3/b31-29+/t20-,30-/m1/s1. The molecule has 1 N–H and O–H groups in total. The van der Waals surface area contributed by atoms with Gasteiger partial charge in [0.1, 0.15) is 29.1 Å². The van der Waals surface area contributed by atoms with E-state index in [0.29, 0.717) is 52.9 Å². The molecule has 1 fully saturated rings. The van der Waals surface area contributed by atoms with Crippen molar-refractivity contribution in [2.45, 2.75) is 58.6 Å². The second kappa shape index (κ2) is 12.1. The number of anilines is 1. The summed E-state index contributed by atoms with van der Waals surface area (Å²) >= 11 is 1.30. The summed E-state index contributed by atoms with van der Waals surface area (Å²) in [6.45, 7) is 7.12. The number of aromatic nitrogens is 1. The summed E-state index contributed by atoms with van der Waals surface area (Å²) in [5.41, 5.74) is 2.73. The van der Waals surface area contributed by atoms with Crippen LogP contribution in [0.1, 0.15) is 62.8 Å². The predicted octanol–water partition coefficient (Wildman–Crippen LogP) is 7.21. The number of rotatable bonds is 10. The summed E-state index contributed by atoms with van der Waals surface area (Å²) in [4.78, 5) is 33.6. The van der Waals surface area contributed by atoms with Gasteiger partial charge in [0.25, 0.3) is 5.78 Å². The van der Waals surface area contributed by atoms with Crippen LogP contribution < -0.4 is 19.1 Å². The van der Waals surface area contributed by atoms with Crippen LogP contribution in [-0.2, 0) is 16.0 Å². The maximum absolute atomic E-state index is 13.8. The Hall–Kier alpha value is -4.37. The lowest BCUT2D eigenvalue weighted by atomic mass is 9.94. The third kappa shape index (κ3) is 5.57. The Labute approximate surface area is 254 Å². The smallest absolute Gasteiger partial charge is 0.301 e. The van der Waals surface area contributed by atoms with Crippen LogP contribution in [0.4, 0.5) is 5.13 Å². The molecule has 0 spiro atoms. The van der Waals surface area contributed by atoms with Crippen LogP contribution in [0.15, 0.2) is 66.2 Å². The van der Waals surface area contributed by atoms with Gasteiger partial charge in [-0.05, 0) is 79.9 Å². The third-order valence-corrected chi connectivity index (χ3v) is 8.69. The number of carbonyl (C=O) groups is 2. The normalized spacial score (nSPS) is 19.1. The molecular formula is C34H34N2O6S. The van der Waals surface area contributed by atoms with E-state index in [0.717, 1.165) is 35.3 Å². The van der Waals surface area contributed by atoms with E-state index in [1.54, 1.807) is 12.1 Å². The summed E-state index contributed by atoms with van der Waals surface area (Å²) in [6.07, 6.45) is 3.80. The van der Waals surface area contributed by atoms with Crippen molar-refractivity contribution in [3.8, 4) is 17.2 Å². The number of hydrogen-bond donors (Lipinski definition) is 1. The fourth-order valence-electron chi connectivity index (χ4n) is 5.64. The quantitative estimate of drug-likeness (QED) is 0.0891. The zero-order chi connectivity index (χ0) is 30.1. The van der Waals surface area contributed by atoms with Crippen molar-refractivity contribution in [2.24, 2.45) is 0 Å². The number of aliphatic hydroxyl groups is 1. The van der Waals surface area contributed by atoms with Crippen molar-refractivity contribution in [3.63, 3.8) is 0 Å². The number of amides is 1. The molecule has 0 radical (unpaired) electrons. The minimum atomic E-state index is -0.908. The number of unbranched alkanes of at least 4 members (excludes halogenated alkanes) is 2. The van der Waals surface area contributed by atoms with Crippen LogP contribution in [-0.4, -0.2) is 41.1 Å². The van der Waals surface area contributed by atoms with Gasteiger partial charge < -0.3 is 19.3 Å². The van der Waals surface area contributed by atoms with Crippen molar-refractivity contribution in [1.82, 2.24) is 4.98 Å². The molecule has 3 heterocycles. The van der Waals surface area contributed by atoms with Crippen LogP contribution in [0.3, 0.4) is 0 Å². The summed E-state index contributed by atoms with van der Waals surface area (Å²) in [5.74, 6) is 0.344. The lowest BCUT2D eigenvalue weighted by molar-refractivity contribution is -0.132. The first-order valence-electron chi connectivity index (χ1n) is 14.7. The number of Topliss-reactive ketones (excluding diaryl/α,β-unsaturated/α-hetero) is 1. The Morgan fingerprint density at radius 3 is 2.70 bits per heavy atom. The molecular weight excluding hydrogens is 564 g/mol. The summed E-state index contributed by atoms with van der Waals surface area (Å²) in [6, 6.07) is 17.4. The highest BCUT2D eigenvalue weighted by Crippen LogP contribution is 2.45. The molecule has 9 heteroatoms. The lowest BCUT2D eigenvalue weighted by Crippen LogP contribution is -2.29. The predicted molar refractivity (Wildman–Crippen MR) is 167 cm³/mol. The Morgan fingerprint density at radius 2 is 1.88 bits per heavy atom. The number of ketones is 1. The topological polar surface area (TPSA) is 98.2 Å². The van der Waals surface area contributed by atoms with Crippen LogP contribution in [0.2, 0.25) is 0 Å². The number of fused-ring (bicyclic) bond motifs is 2. The Kier molecular flexibility index (Phi) is 8.08. The number of thiazole rings is 1. The summed E-state index contributed by atoms with van der Waals surface area (Å²) < 4.78 is 18.3. The van der Waals surface area contributed by atoms with Crippen molar-refractivity contribution in [2.75, 3.05) is 18.1 Å². The fraction of sp³-hybridized carbons (Fsp3) is 0.324. The van der Waals surface area contributed by atoms with Gasteiger partial charge in [0.2, 0.25) is 0 Å². The Balaban J connectivity index is 1.46.